The van der Waals surface area contributed by atoms with Gasteiger partial charge in [0.25, 0.3) is 0 Å². The Morgan fingerprint density at radius 1 is 0.376 bits per heavy atom. The fraction of sp³-hybridized carbons (Fsp3) is 0.333. The van der Waals surface area contributed by atoms with Gasteiger partial charge in [-0.1, -0.05) is 55.0 Å². The van der Waals surface area contributed by atoms with E-state index >= 15 is 0 Å². The Kier molecular flexibility index (Phi) is 29.6. The van der Waals surface area contributed by atoms with Crippen LogP contribution in [0.3, 0.4) is 0 Å². The third-order valence-electron chi connectivity index (χ3n) is 17.7. The van der Waals surface area contributed by atoms with Gasteiger partial charge in [-0.05, 0) is 195 Å². The predicted molar refractivity (Wildman–Crippen MR) is 430 cm³/mol. The van der Waals surface area contributed by atoms with Crippen LogP contribution in [0.2, 0.25) is 0 Å². The monoisotopic (exact) mass is 1470 g/mol. The van der Waals surface area contributed by atoms with Crippen molar-refractivity contribution in [2.45, 2.75) is 69.1 Å². The largest absolute Gasteiger partial charge is 0.361 e. The number of aromatic amines is 3. The second-order valence-electron chi connectivity index (χ2n) is 23.3. The van der Waals surface area contributed by atoms with Crippen molar-refractivity contribution in [2.24, 2.45) is 11.8 Å². The molecule has 0 spiro atoms. The quantitative estimate of drug-likeness (QED) is 0.144. The Bertz CT molecular complexity index is 3710. The van der Waals surface area contributed by atoms with Gasteiger partial charge in [0.2, 0.25) is 0 Å². The van der Waals surface area contributed by atoms with Crippen LogP contribution in [-0.4, -0.2) is 162 Å². The predicted octanol–water partition coefficient (Wildman–Crippen LogP) is 14.5. The highest BCUT2D eigenvalue weighted by Gasteiger charge is 2.39. The van der Waals surface area contributed by atoms with E-state index in [1.807, 2.05) is 154 Å². The van der Waals surface area contributed by atoms with Crippen LogP contribution >= 0.6 is 108 Å². The Balaban J connectivity index is 0.000000115. The second-order valence-corrected chi connectivity index (χ2v) is 31.9. The molecule has 492 valence electrons. The van der Waals surface area contributed by atoms with Gasteiger partial charge in [-0.2, -0.15) is 0 Å². The molecule has 6 saturated heterocycles. The third-order valence-corrected chi connectivity index (χ3v) is 26.6. The van der Waals surface area contributed by atoms with Gasteiger partial charge in [-0.25, -0.2) is 0 Å². The van der Waals surface area contributed by atoms with E-state index in [1.165, 1.54) is 119 Å². The van der Waals surface area contributed by atoms with Crippen molar-refractivity contribution < 1.29 is 0 Å². The summed E-state index contributed by atoms with van der Waals surface area (Å²) in [4.78, 5) is 33.4. The minimum atomic E-state index is 0.830. The summed E-state index contributed by atoms with van der Waals surface area (Å²) < 4.78 is 21.1. The zero-order valence-electron chi connectivity index (χ0n) is 52.3. The molecule has 12 aromatic rings. The van der Waals surface area contributed by atoms with Crippen molar-refractivity contribution in [2.75, 3.05) is 52.4 Å². The van der Waals surface area contributed by atoms with Gasteiger partial charge in [0.05, 0.1) is 51.0 Å². The minimum Gasteiger partial charge on any atom is -0.361 e. The van der Waals surface area contributed by atoms with Crippen molar-refractivity contribution in [1.82, 2.24) is 85.9 Å². The van der Waals surface area contributed by atoms with Gasteiger partial charge in [-0.15, -0.1) is 0 Å². The maximum absolute atomic E-state index is 4.17. The summed E-state index contributed by atoms with van der Waals surface area (Å²) >= 11 is 0. The summed E-state index contributed by atoms with van der Waals surface area (Å²) in [6, 6.07) is 31.3. The molecule has 3 N–H and O–H groups in total. The smallest absolute Gasteiger partial charge is 0.0883 e. The number of fused-ring (bicyclic) bond motifs is 9. The van der Waals surface area contributed by atoms with Crippen LogP contribution < -0.4 is 0 Å². The number of H-pyrrole nitrogens is 3. The number of aromatic nitrogens is 12. The van der Waals surface area contributed by atoms with E-state index in [9.17, 15) is 0 Å². The lowest BCUT2D eigenvalue weighted by Crippen LogP contribution is -2.43. The number of pyridine rings is 6. The molecule has 18 rings (SSSR count). The van der Waals surface area contributed by atoms with E-state index in [0.29, 0.717) is 0 Å². The molecule has 0 amide bonds. The SMILES string of the molecule is PPN1CCC2C(CCN2P)C1.PPN1CCC2CCN(P)C2C1.PPN1CCCC2C1CCN2P.Pn1ccc2ccncc21.Pn1ccc2cnccc21.Pn1ccc2ncccc21.c1cc2[nH]ccc2cn1.c1cc2cc[nH]c2cn1.c1cnc2cc[nH]c2c1. The highest BCUT2D eigenvalue weighted by Crippen LogP contribution is 2.42. The molecule has 0 aromatic carbocycles. The van der Waals surface area contributed by atoms with Crippen molar-refractivity contribution in [3.8, 4) is 0 Å². The minimum absolute atomic E-state index is 0.830. The van der Waals surface area contributed by atoms with Crippen molar-refractivity contribution in [3.63, 3.8) is 0 Å². The number of piperidine rings is 3. The Labute approximate surface area is 573 Å². The lowest BCUT2D eigenvalue weighted by molar-refractivity contribution is 0.220. The van der Waals surface area contributed by atoms with E-state index in [1.54, 1.807) is 37.2 Å². The molecule has 18 unspecified atom stereocenters. The molecule has 0 bridgehead atoms. The maximum Gasteiger partial charge on any atom is 0.0883 e. The first-order chi connectivity index (χ1) is 45.5. The first-order valence-corrected chi connectivity index (χ1v) is 42.7. The van der Waals surface area contributed by atoms with Crippen molar-refractivity contribution in [1.29, 1.82) is 0 Å². The number of rotatable bonds is 3. The average molecular weight is 1470 g/mol. The average Bonchev–Trinajstić information content (AvgIpc) is 1.97. The normalized spacial score (nSPS) is 21.6. The Hall–Kier alpha value is -2.94. The molecule has 18 heterocycles. The van der Waals surface area contributed by atoms with Crippen LogP contribution in [0.5, 0.6) is 0 Å². The first-order valence-electron chi connectivity index (χ1n) is 31.3. The second kappa shape index (κ2) is 37.9. The molecule has 6 aliphatic heterocycles. The molecule has 6 fully saturated rings. The van der Waals surface area contributed by atoms with Gasteiger partial charge in [0.1, 0.15) is 0 Å². The van der Waals surface area contributed by atoms with Crippen LogP contribution in [0, 0.1) is 11.8 Å². The standard InChI is InChI=1S/3C7H17N2P3.3C7H7N2P.3C7H6N2/c10-9-4-1-6-5-8(12-11)3-2-7(6)9;10-9-4-2-6-1-3-8(12-11)5-7(6)9;10-8-5-3-7-6(8)2-1-4-9(7)12-11;10-9-4-2-6-5-8-3-1-7(6)9;10-9-4-2-6-1-3-8-5-7(6)9;10-9-5-3-6-7(9)2-1-4-8-6;1-4-9-7-2-3-8-5-6(1)7;1-3-8-5-7-6(1)2-4-9-7;1-2-6-7(8-4-1)3-5-9-6/h3*6-7,12H,1-5,10-11H2;3*1-5H,10H2;3*1-5,9H. The van der Waals surface area contributed by atoms with Crippen molar-refractivity contribution in [3.05, 3.63) is 184 Å². The summed E-state index contributed by atoms with van der Waals surface area (Å²) in [6.45, 7) is 10.4. The summed E-state index contributed by atoms with van der Waals surface area (Å²) in [6.07, 6.45) is 39.5. The number of nitrogens with zero attached hydrogens (tertiary/aromatic N) is 15. The third kappa shape index (κ3) is 20.6. The molecule has 18 atom stereocenters. The number of hydrogen-bond donors (Lipinski definition) is 3. The van der Waals surface area contributed by atoms with Gasteiger partial charge in [0, 0.05) is 190 Å². The van der Waals surface area contributed by atoms with Gasteiger partial charge in [-0.3, -0.25) is 57.9 Å². The van der Waals surface area contributed by atoms with Crippen LogP contribution in [0.15, 0.2) is 184 Å². The molecule has 30 heteroatoms. The zero-order valence-corrected chi connectivity index (χ0v) is 65.7. The zero-order chi connectivity index (χ0) is 64.9. The van der Waals surface area contributed by atoms with Crippen LogP contribution in [-0.2, 0) is 0 Å². The van der Waals surface area contributed by atoms with Gasteiger partial charge >= 0.3 is 0 Å². The molecule has 93 heavy (non-hydrogen) atoms. The van der Waals surface area contributed by atoms with E-state index in [0.717, 1.165) is 105 Å². The molecule has 0 aliphatic carbocycles. The summed E-state index contributed by atoms with van der Waals surface area (Å²) in [7, 11) is 27.9. The fourth-order valence-electron chi connectivity index (χ4n) is 12.7. The highest BCUT2D eigenvalue weighted by atomic mass is 32.0. The maximum atomic E-state index is 4.17. The molecular weight excluding hydrogens is 1380 g/mol. The summed E-state index contributed by atoms with van der Waals surface area (Å²) in [5, 5.41) is 4.78. The van der Waals surface area contributed by atoms with E-state index < -0.39 is 0 Å². The summed E-state index contributed by atoms with van der Waals surface area (Å²) in [5.74, 6) is 1.93. The van der Waals surface area contributed by atoms with E-state index in [4.69, 9.17) is 0 Å². The topological polar surface area (TPSA) is 159 Å². The molecular formula is C63H90N18P12. The van der Waals surface area contributed by atoms with Gasteiger partial charge < -0.3 is 28.0 Å². The molecule has 0 radical (unpaired) electrons. The lowest BCUT2D eigenvalue weighted by atomic mass is 9.94. The Morgan fingerprint density at radius 3 is 1.69 bits per heavy atom. The van der Waals surface area contributed by atoms with Crippen molar-refractivity contribution >= 4 is 174 Å². The molecule has 0 saturated carbocycles. The number of nitrogens with one attached hydrogen (secondary N) is 3. The molecule has 6 aliphatic rings. The van der Waals surface area contributed by atoms with E-state index in [-0.39, 0.29) is 0 Å². The van der Waals surface area contributed by atoms with E-state index in [2.05, 4.69) is 162 Å². The number of hydrogen-bond acceptors (Lipinski definition) is 12. The summed E-state index contributed by atoms with van der Waals surface area (Å²) in [5.41, 5.74) is 8.88. The highest BCUT2D eigenvalue weighted by molar-refractivity contribution is 8.02. The molecule has 12 aromatic heterocycles. The fourth-order valence-corrected chi connectivity index (χ4v) is 19.4. The first kappa shape index (κ1) is 72.8. The van der Waals surface area contributed by atoms with Crippen LogP contribution in [0.4, 0.5) is 0 Å². The Morgan fingerprint density at radius 2 is 0.946 bits per heavy atom. The van der Waals surface area contributed by atoms with Crippen LogP contribution in [0.1, 0.15) is 44.9 Å². The van der Waals surface area contributed by atoms with Gasteiger partial charge in [0.15, 0.2) is 0 Å². The van der Waals surface area contributed by atoms with Crippen LogP contribution in [0.25, 0.3) is 65.7 Å². The lowest BCUT2D eigenvalue weighted by Gasteiger charge is -2.38. The molecule has 18 nitrogen and oxygen atoms in total.